The van der Waals surface area contributed by atoms with Crippen LogP contribution in [0.4, 0.5) is 0 Å². The lowest BCUT2D eigenvalue weighted by molar-refractivity contribution is -0.134. The van der Waals surface area contributed by atoms with Gasteiger partial charge in [-0.25, -0.2) is 4.98 Å². The van der Waals surface area contributed by atoms with Crippen molar-refractivity contribution < 1.29 is 14.3 Å². The van der Waals surface area contributed by atoms with Crippen molar-refractivity contribution in [3.63, 3.8) is 0 Å². The molecule has 2 aromatic heterocycles. The van der Waals surface area contributed by atoms with E-state index in [-0.39, 0.29) is 22.8 Å². The predicted molar refractivity (Wildman–Crippen MR) is 140 cm³/mol. The van der Waals surface area contributed by atoms with Gasteiger partial charge in [-0.3, -0.25) is 14.2 Å². The van der Waals surface area contributed by atoms with Gasteiger partial charge < -0.3 is 14.4 Å². The molecule has 0 saturated carbocycles. The van der Waals surface area contributed by atoms with Crippen molar-refractivity contribution in [1.29, 1.82) is 0 Å². The molecule has 5 rings (SSSR count). The van der Waals surface area contributed by atoms with Gasteiger partial charge in [-0.15, -0.1) is 11.3 Å². The first-order chi connectivity index (χ1) is 16.8. The number of ether oxygens (including phenoxy) is 2. The highest BCUT2D eigenvalue weighted by Gasteiger charge is 2.30. The fourth-order valence-electron chi connectivity index (χ4n) is 4.66. The van der Waals surface area contributed by atoms with Crippen LogP contribution in [0, 0.1) is 12.8 Å². The maximum atomic E-state index is 14.1. The van der Waals surface area contributed by atoms with Crippen LogP contribution in [0.15, 0.2) is 34.2 Å². The first-order valence-corrected chi connectivity index (χ1v) is 13.8. The van der Waals surface area contributed by atoms with Crippen molar-refractivity contribution >= 4 is 39.2 Å². The summed E-state index contributed by atoms with van der Waals surface area (Å²) in [5.41, 5.74) is 2.83. The molecule has 35 heavy (non-hydrogen) atoms. The third-order valence-electron chi connectivity index (χ3n) is 6.67. The summed E-state index contributed by atoms with van der Waals surface area (Å²) < 4.78 is 13.2. The first-order valence-electron chi connectivity index (χ1n) is 12.1. The lowest BCUT2D eigenvalue weighted by atomic mass is 9.96. The molecular formula is C26H31N3O4S2. The quantitative estimate of drug-likeness (QED) is 0.376. The van der Waals surface area contributed by atoms with Gasteiger partial charge in [0, 0.05) is 24.4 Å². The first kappa shape index (κ1) is 24.5. The molecule has 0 aliphatic carbocycles. The average Bonchev–Trinajstić information content (AvgIpc) is 3.22. The van der Waals surface area contributed by atoms with E-state index in [0.717, 1.165) is 32.9 Å². The predicted octanol–water partition coefficient (Wildman–Crippen LogP) is 4.19. The molecule has 186 valence electrons. The molecule has 2 aliphatic heterocycles. The number of aryl methyl sites for hydroxylation is 1. The molecule has 1 aromatic carbocycles. The molecular weight excluding hydrogens is 482 g/mol. The van der Waals surface area contributed by atoms with Crippen molar-refractivity contribution in [2.45, 2.75) is 57.2 Å². The fourth-order valence-corrected chi connectivity index (χ4v) is 6.83. The molecule has 1 saturated heterocycles. The molecule has 7 nitrogen and oxygen atoms in total. The Bertz CT molecular complexity index is 1310. The van der Waals surface area contributed by atoms with E-state index in [1.807, 2.05) is 43.0 Å². The van der Waals surface area contributed by atoms with Gasteiger partial charge in [0.1, 0.15) is 4.83 Å². The van der Waals surface area contributed by atoms with Crippen molar-refractivity contribution in [3.8, 4) is 5.69 Å². The van der Waals surface area contributed by atoms with Crippen LogP contribution in [-0.2, 0) is 27.3 Å². The molecule has 0 bridgehead atoms. The molecule has 0 spiro atoms. The minimum absolute atomic E-state index is 0.0436. The minimum atomic E-state index is -0.378. The van der Waals surface area contributed by atoms with Crippen LogP contribution in [0.5, 0.6) is 0 Å². The van der Waals surface area contributed by atoms with E-state index in [4.69, 9.17) is 14.5 Å². The molecule has 1 amide bonds. The fraction of sp³-hybridized carbons (Fsp3) is 0.500. The van der Waals surface area contributed by atoms with Gasteiger partial charge in [-0.05, 0) is 43.0 Å². The van der Waals surface area contributed by atoms with Gasteiger partial charge in [0.15, 0.2) is 5.16 Å². The number of carbonyl (C=O) groups is 1. The molecule has 2 aliphatic rings. The Balaban J connectivity index is 1.61. The van der Waals surface area contributed by atoms with Crippen LogP contribution in [0.25, 0.3) is 15.9 Å². The maximum Gasteiger partial charge on any atom is 0.267 e. The van der Waals surface area contributed by atoms with Gasteiger partial charge in [-0.1, -0.05) is 37.7 Å². The third kappa shape index (κ3) is 4.79. The second-order valence-corrected chi connectivity index (χ2v) is 11.9. The summed E-state index contributed by atoms with van der Waals surface area (Å²) in [7, 11) is 0. The normalized spacial score (nSPS) is 19.2. The van der Waals surface area contributed by atoms with Crippen LogP contribution in [0.3, 0.4) is 0 Å². The van der Waals surface area contributed by atoms with E-state index < -0.39 is 0 Å². The number of fused-ring (bicyclic) bond motifs is 3. The van der Waals surface area contributed by atoms with Crippen LogP contribution < -0.4 is 5.56 Å². The Morgan fingerprint density at radius 2 is 2.00 bits per heavy atom. The molecule has 2 atom stereocenters. The van der Waals surface area contributed by atoms with Gasteiger partial charge in [0.05, 0.1) is 42.2 Å². The standard InChI is InChI=1S/C26H31N3O4S2/c1-15(2)20-13-19-21(14-33-20)35-23-22(19)25(31)29(18-7-5-6-16(3)12-18)26(27-23)34-17(4)24(30)28-8-10-32-11-9-28/h5-7,12,15,17,20H,8-11,13-14H2,1-4H3/t17-,20-/m1/s1. The highest BCUT2D eigenvalue weighted by molar-refractivity contribution is 8.00. The smallest absolute Gasteiger partial charge is 0.267 e. The largest absolute Gasteiger partial charge is 0.378 e. The number of hydrogen-bond acceptors (Lipinski definition) is 7. The number of aromatic nitrogens is 2. The van der Waals surface area contributed by atoms with Crippen molar-refractivity contribution in [2.24, 2.45) is 5.92 Å². The Morgan fingerprint density at radius 1 is 1.23 bits per heavy atom. The van der Waals surface area contributed by atoms with E-state index >= 15 is 0 Å². The lowest BCUT2D eigenvalue weighted by Crippen LogP contribution is -2.44. The van der Waals surface area contributed by atoms with E-state index in [1.165, 1.54) is 23.1 Å². The number of thioether (sulfide) groups is 1. The molecule has 4 heterocycles. The van der Waals surface area contributed by atoms with Gasteiger partial charge >= 0.3 is 0 Å². The number of thiophene rings is 1. The molecule has 0 N–H and O–H groups in total. The number of amides is 1. The van der Waals surface area contributed by atoms with Gasteiger partial charge in [0.2, 0.25) is 5.91 Å². The van der Waals surface area contributed by atoms with Gasteiger partial charge in [0.25, 0.3) is 5.56 Å². The van der Waals surface area contributed by atoms with E-state index in [0.29, 0.717) is 49.4 Å². The summed E-state index contributed by atoms with van der Waals surface area (Å²) in [6, 6.07) is 7.88. The van der Waals surface area contributed by atoms with Crippen LogP contribution in [0.1, 0.15) is 36.8 Å². The molecule has 1 fully saturated rings. The second-order valence-electron chi connectivity index (χ2n) is 9.55. The molecule has 0 unspecified atom stereocenters. The zero-order valence-electron chi connectivity index (χ0n) is 20.6. The summed E-state index contributed by atoms with van der Waals surface area (Å²) in [5.74, 6) is 0.411. The highest BCUT2D eigenvalue weighted by atomic mass is 32.2. The Morgan fingerprint density at radius 3 is 2.71 bits per heavy atom. The van der Waals surface area contributed by atoms with Crippen LogP contribution in [-0.4, -0.2) is 58.0 Å². The van der Waals surface area contributed by atoms with Crippen molar-refractivity contribution in [1.82, 2.24) is 14.5 Å². The van der Waals surface area contributed by atoms with Crippen molar-refractivity contribution in [2.75, 3.05) is 26.3 Å². The zero-order valence-corrected chi connectivity index (χ0v) is 22.2. The van der Waals surface area contributed by atoms with E-state index in [1.54, 1.807) is 4.57 Å². The van der Waals surface area contributed by atoms with Crippen LogP contribution >= 0.6 is 23.1 Å². The number of rotatable bonds is 5. The lowest BCUT2D eigenvalue weighted by Gasteiger charge is -2.29. The molecule has 9 heteroatoms. The van der Waals surface area contributed by atoms with E-state index in [9.17, 15) is 9.59 Å². The number of carbonyl (C=O) groups excluding carboxylic acids is 1. The number of benzene rings is 1. The number of morpholine rings is 1. The summed E-state index contributed by atoms with van der Waals surface area (Å²) in [6.45, 7) is 11.0. The molecule has 0 radical (unpaired) electrons. The summed E-state index contributed by atoms with van der Waals surface area (Å²) in [6.07, 6.45) is 0.809. The van der Waals surface area contributed by atoms with Crippen molar-refractivity contribution in [3.05, 3.63) is 50.6 Å². The maximum absolute atomic E-state index is 14.1. The second kappa shape index (κ2) is 10.0. The Hall–Kier alpha value is -2.20. The average molecular weight is 514 g/mol. The summed E-state index contributed by atoms with van der Waals surface area (Å²) in [4.78, 5) is 35.8. The van der Waals surface area contributed by atoms with Gasteiger partial charge in [-0.2, -0.15) is 0 Å². The zero-order chi connectivity index (χ0) is 24.7. The minimum Gasteiger partial charge on any atom is -0.378 e. The highest BCUT2D eigenvalue weighted by Crippen LogP contribution is 2.37. The summed E-state index contributed by atoms with van der Waals surface area (Å²) >= 11 is 2.89. The SMILES string of the molecule is Cc1cccc(-n2c(S[C@H](C)C(=O)N3CCOCC3)nc3sc4c(c3c2=O)C[C@H](C(C)C)OC4)c1. The topological polar surface area (TPSA) is 73.7 Å². The number of nitrogens with zero attached hydrogens (tertiary/aromatic N) is 3. The summed E-state index contributed by atoms with van der Waals surface area (Å²) in [5, 5.41) is 0.857. The monoisotopic (exact) mass is 513 g/mol. The Labute approximate surface area is 213 Å². The number of hydrogen-bond donors (Lipinski definition) is 0. The third-order valence-corrected chi connectivity index (χ3v) is 8.81. The molecule has 3 aromatic rings. The van der Waals surface area contributed by atoms with Crippen LogP contribution in [0.2, 0.25) is 0 Å². The Kier molecular flexibility index (Phi) is 7.03. The van der Waals surface area contributed by atoms with E-state index in [2.05, 4.69) is 13.8 Å².